The van der Waals surface area contributed by atoms with E-state index in [1.807, 2.05) is 36.0 Å². The second-order valence-electron chi connectivity index (χ2n) is 4.56. The maximum atomic E-state index is 12.0. The molecule has 1 atom stereocenters. The summed E-state index contributed by atoms with van der Waals surface area (Å²) in [5.74, 6) is 1.26. The van der Waals surface area contributed by atoms with Crippen molar-refractivity contribution in [1.29, 1.82) is 0 Å². The van der Waals surface area contributed by atoms with Gasteiger partial charge in [-0.15, -0.1) is 0 Å². The van der Waals surface area contributed by atoms with Crippen LogP contribution in [0.25, 0.3) is 0 Å². The predicted octanol–water partition coefficient (Wildman–Crippen LogP) is 3.31. The van der Waals surface area contributed by atoms with Crippen LogP contribution in [0.5, 0.6) is 0 Å². The molecule has 1 unspecified atom stereocenters. The number of amides is 1. The Morgan fingerprint density at radius 2 is 2.29 bits per heavy atom. The van der Waals surface area contributed by atoms with Gasteiger partial charge in [0, 0.05) is 14.9 Å². The fourth-order valence-electron chi connectivity index (χ4n) is 1.98. The van der Waals surface area contributed by atoms with E-state index in [9.17, 15) is 4.79 Å². The molecule has 0 spiro atoms. The highest BCUT2D eigenvalue weighted by atomic mass is 127. The second kappa shape index (κ2) is 5.61. The van der Waals surface area contributed by atoms with Crippen LogP contribution in [-0.4, -0.2) is 23.0 Å². The Balaban J connectivity index is 1.96. The minimum absolute atomic E-state index is 0.0451. The number of rotatable bonds is 3. The minimum atomic E-state index is 0.0451. The smallest absolute Gasteiger partial charge is 0.252 e. The zero-order valence-corrected chi connectivity index (χ0v) is 12.8. The van der Waals surface area contributed by atoms with E-state index in [2.05, 4.69) is 34.8 Å². The number of carbonyl (C=O) groups is 1. The van der Waals surface area contributed by atoms with E-state index >= 15 is 0 Å². The van der Waals surface area contributed by atoms with Gasteiger partial charge in [0.25, 0.3) is 5.91 Å². The molecule has 17 heavy (non-hydrogen) atoms. The Labute approximate surface area is 120 Å². The van der Waals surface area contributed by atoms with Crippen LogP contribution in [0, 0.1) is 3.57 Å². The third-order valence-electron chi connectivity index (χ3n) is 3.04. The van der Waals surface area contributed by atoms with E-state index in [0.717, 1.165) is 15.7 Å². The molecule has 0 aromatic heterocycles. The highest BCUT2D eigenvalue weighted by Gasteiger charge is 2.29. The van der Waals surface area contributed by atoms with Gasteiger partial charge in [-0.05, 0) is 60.2 Å². The number of carbonyl (C=O) groups excluding carboxylic acids is 1. The van der Waals surface area contributed by atoms with Gasteiger partial charge in [0.1, 0.15) is 0 Å². The maximum absolute atomic E-state index is 12.0. The van der Waals surface area contributed by atoms with Crippen LogP contribution in [0.3, 0.4) is 0 Å². The molecule has 1 N–H and O–H groups in total. The highest BCUT2D eigenvalue weighted by Crippen LogP contribution is 2.36. The van der Waals surface area contributed by atoms with Gasteiger partial charge in [-0.25, -0.2) is 0 Å². The molecule has 1 heterocycles. The fraction of sp³-hybridized carbons (Fsp3) is 0.462. The number of halogens is 1. The molecule has 1 amide bonds. The number of hydrogen-bond acceptors (Lipinski definition) is 2. The SMILES string of the molecule is CC1(CNC(=O)c2ccccc2I)CCCS1. The molecule has 4 heteroatoms. The summed E-state index contributed by atoms with van der Waals surface area (Å²) in [6.45, 7) is 3.00. The van der Waals surface area contributed by atoms with Crippen molar-refractivity contribution in [2.45, 2.75) is 24.5 Å². The summed E-state index contributed by atoms with van der Waals surface area (Å²) >= 11 is 4.17. The molecule has 1 aliphatic heterocycles. The highest BCUT2D eigenvalue weighted by molar-refractivity contribution is 14.1. The third kappa shape index (κ3) is 3.37. The topological polar surface area (TPSA) is 29.1 Å². The lowest BCUT2D eigenvalue weighted by Gasteiger charge is -2.22. The van der Waals surface area contributed by atoms with Gasteiger partial charge in [0.15, 0.2) is 0 Å². The van der Waals surface area contributed by atoms with Gasteiger partial charge in [-0.3, -0.25) is 4.79 Å². The molecule has 2 rings (SSSR count). The molecule has 0 saturated carbocycles. The van der Waals surface area contributed by atoms with E-state index in [1.54, 1.807) is 0 Å². The van der Waals surface area contributed by atoms with E-state index in [4.69, 9.17) is 0 Å². The Bertz CT molecular complexity index is 416. The first-order chi connectivity index (χ1) is 8.11. The summed E-state index contributed by atoms with van der Waals surface area (Å²) < 4.78 is 1.24. The van der Waals surface area contributed by atoms with Crippen molar-refractivity contribution >= 4 is 40.3 Å². The van der Waals surface area contributed by atoms with Crippen LogP contribution in [0.4, 0.5) is 0 Å². The number of nitrogens with one attached hydrogen (secondary N) is 1. The van der Waals surface area contributed by atoms with E-state index in [1.165, 1.54) is 18.6 Å². The molecular formula is C13H16INOS. The van der Waals surface area contributed by atoms with E-state index in [-0.39, 0.29) is 10.7 Å². The van der Waals surface area contributed by atoms with E-state index in [0.29, 0.717) is 0 Å². The third-order valence-corrected chi connectivity index (χ3v) is 5.52. The normalized spacial score (nSPS) is 23.6. The molecule has 1 saturated heterocycles. The predicted molar refractivity (Wildman–Crippen MR) is 81.6 cm³/mol. The van der Waals surface area contributed by atoms with Gasteiger partial charge in [0.05, 0.1) is 5.56 Å². The van der Waals surface area contributed by atoms with Crippen LogP contribution in [0.1, 0.15) is 30.1 Å². The van der Waals surface area contributed by atoms with Gasteiger partial charge in [-0.2, -0.15) is 11.8 Å². The number of hydrogen-bond donors (Lipinski definition) is 1. The van der Waals surface area contributed by atoms with Crippen molar-refractivity contribution in [1.82, 2.24) is 5.32 Å². The van der Waals surface area contributed by atoms with E-state index < -0.39 is 0 Å². The first-order valence-electron chi connectivity index (χ1n) is 5.77. The largest absolute Gasteiger partial charge is 0.351 e. The Morgan fingerprint density at radius 3 is 2.94 bits per heavy atom. The lowest BCUT2D eigenvalue weighted by molar-refractivity contribution is 0.0949. The quantitative estimate of drug-likeness (QED) is 0.837. The molecule has 1 aliphatic rings. The summed E-state index contributed by atoms with van der Waals surface area (Å²) in [4.78, 5) is 12.0. The summed E-state index contributed by atoms with van der Waals surface area (Å²) in [6, 6.07) is 7.69. The van der Waals surface area contributed by atoms with Crippen LogP contribution < -0.4 is 5.32 Å². The van der Waals surface area contributed by atoms with Crippen molar-refractivity contribution in [2.24, 2.45) is 0 Å². The standard InChI is InChI=1S/C13H16INOS/c1-13(7-4-8-17-13)9-15-12(16)10-5-2-3-6-11(10)14/h2-3,5-6H,4,7-9H2,1H3,(H,15,16). The Kier molecular flexibility index (Phi) is 4.36. The summed E-state index contributed by atoms with van der Waals surface area (Å²) in [6.07, 6.45) is 2.46. The van der Waals surface area contributed by atoms with Crippen LogP contribution >= 0.6 is 34.4 Å². The average molecular weight is 361 g/mol. The van der Waals surface area contributed by atoms with Crippen LogP contribution in [-0.2, 0) is 0 Å². The molecule has 2 nitrogen and oxygen atoms in total. The van der Waals surface area contributed by atoms with Gasteiger partial charge >= 0.3 is 0 Å². The van der Waals surface area contributed by atoms with Crippen LogP contribution in [0.2, 0.25) is 0 Å². The average Bonchev–Trinajstić information content (AvgIpc) is 2.74. The first kappa shape index (κ1) is 13.2. The first-order valence-corrected chi connectivity index (χ1v) is 7.84. The number of thioether (sulfide) groups is 1. The molecular weight excluding hydrogens is 345 g/mol. The molecule has 1 fully saturated rings. The molecule has 0 aliphatic carbocycles. The Morgan fingerprint density at radius 1 is 1.53 bits per heavy atom. The zero-order valence-electron chi connectivity index (χ0n) is 9.83. The monoisotopic (exact) mass is 361 g/mol. The second-order valence-corrected chi connectivity index (χ2v) is 7.41. The van der Waals surface area contributed by atoms with Crippen molar-refractivity contribution in [3.05, 3.63) is 33.4 Å². The molecule has 1 aromatic carbocycles. The van der Waals surface area contributed by atoms with Crippen molar-refractivity contribution in [3.63, 3.8) is 0 Å². The van der Waals surface area contributed by atoms with Crippen LogP contribution in [0.15, 0.2) is 24.3 Å². The molecule has 0 radical (unpaired) electrons. The zero-order chi connectivity index (χ0) is 12.3. The lowest BCUT2D eigenvalue weighted by Crippen LogP contribution is -2.37. The summed E-state index contributed by atoms with van der Waals surface area (Å²) in [5, 5.41) is 3.06. The molecule has 0 bridgehead atoms. The minimum Gasteiger partial charge on any atom is -0.351 e. The summed E-state index contributed by atoms with van der Waals surface area (Å²) in [7, 11) is 0. The maximum Gasteiger partial charge on any atom is 0.252 e. The molecule has 1 aromatic rings. The van der Waals surface area contributed by atoms with Gasteiger partial charge < -0.3 is 5.32 Å². The molecule has 92 valence electrons. The summed E-state index contributed by atoms with van der Waals surface area (Å²) in [5.41, 5.74) is 0.777. The van der Waals surface area contributed by atoms with Crippen molar-refractivity contribution in [3.8, 4) is 0 Å². The van der Waals surface area contributed by atoms with Crippen molar-refractivity contribution < 1.29 is 4.79 Å². The van der Waals surface area contributed by atoms with Crippen molar-refractivity contribution in [2.75, 3.05) is 12.3 Å². The number of benzene rings is 1. The van der Waals surface area contributed by atoms with Gasteiger partial charge in [0.2, 0.25) is 0 Å². The lowest BCUT2D eigenvalue weighted by atomic mass is 10.1. The Hall–Kier alpha value is -0.230. The van der Waals surface area contributed by atoms with Gasteiger partial charge in [-0.1, -0.05) is 12.1 Å². The fourth-order valence-corrected chi connectivity index (χ4v) is 3.86.